The monoisotopic (exact) mass is 203 g/mol. The maximum atomic E-state index is 12.0. The van der Waals surface area contributed by atoms with Gasteiger partial charge >= 0.3 is 0 Å². The van der Waals surface area contributed by atoms with Gasteiger partial charge in [-0.1, -0.05) is 6.08 Å². The SMILES string of the molecule is C=C[C@]1(C)Nc2ccc(OC)cc2C1=O. The highest BCUT2D eigenvalue weighted by molar-refractivity contribution is 6.14. The molecule has 0 aromatic heterocycles. The lowest BCUT2D eigenvalue weighted by molar-refractivity contribution is 0.0954. The normalized spacial score (nSPS) is 23.2. The highest BCUT2D eigenvalue weighted by Crippen LogP contribution is 2.34. The van der Waals surface area contributed by atoms with E-state index in [1.54, 1.807) is 19.3 Å². The predicted octanol–water partition coefficient (Wildman–Crippen LogP) is 2.25. The van der Waals surface area contributed by atoms with Gasteiger partial charge in [0, 0.05) is 11.3 Å². The van der Waals surface area contributed by atoms with Crippen molar-refractivity contribution in [3.05, 3.63) is 36.4 Å². The van der Waals surface area contributed by atoms with Crippen molar-refractivity contribution in [1.82, 2.24) is 0 Å². The van der Waals surface area contributed by atoms with E-state index in [0.717, 1.165) is 5.69 Å². The number of carbonyl (C=O) groups is 1. The number of hydrogen-bond donors (Lipinski definition) is 1. The van der Waals surface area contributed by atoms with E-state index in [1.807, 2.05) is 19.1 Å². The first-order chi connectivity index (χ1) is 7.10. The maximum Gasteiger partial charge on any atom is 0.194 e. The van der Waals surface area contributed by atoms with Crippen molar-refractivity contribution in [2.24, 2.45) is 0 Å². The van der Waals surface area contributed by atoms with E-state index in [0.29, 0.717) is 11.3 Å². The molecule has 3 heteroatoms. The fourth-order valence-electron chi connectivity index (χ4n) is 1.71. The molecule has 15 heavy (non-hydrogen) atoms. The van der Waals surface area contributed by atoms with Gasteiger partial charge in [-0.2, -0.15) is 0 Å². The number of Topliss-reactive ketones (excluding diaryl/α,β-unsaturated/α-hetero) is 1. The zero-order valence-electron chi connectivity index (χ0n) is 8.83. The Bertz CT molecular complexity index is 439. The van der Waals surface area contributed by atoms with Crippen LogP contribution in [0.3, 0.4) is 0 Å². The van der Waals surface area contributed by atoms with Gasteiger partial charge in [0.15, 0.2) is 5.78 Å². The predicted molar refractivity (Wildman–Crippen MR) is 59.5 cm³/mol. The molecule has 0 spiro atoms. The number of benzene rings is 1. The number of carbonyl (C=O) groups excluding carboxylic acids is 1. The van der Waals surface area contributed by atoms with Gasteiger partial charge in [-0.3, -0.25) is 4.79 Å². The Morgan fingerprint density at radius 2 is 2.27 bits per heavy atom. The van der Waals surface area contributed by atoms with Crippen LogP contribution in [-0.4, -0.2) is 18.4 Å². The number of rotatable bonds is 2. The molecule has 0 saturated carbocycles. The van der Waals surface area contributed by atoms with Gasteiger partial charge in [-0.25, -0.2) is 0 Å². The number of ketones is 1. The molecule has 0 bridgehead atoms. The standard InChI is InChI=1S/C12H13NO2/c1-4-12(2)11(14)9-7-8(15-3)5-6-10(9)13-12/h4-7,13H,1H2,2-3H3/t12-/m0/s1. The minimum Gasteiger partial charge on any atom is -0.497 e. The van der Waals surface area contributed by atoms with Gasteiger partial charge in [-0.15, -0.1) is 6.58 Å². The van der Waals surface area contributed by atoms with Crippen molar-refractivity contribution in [2.75, 3.05) is 12.4 Å². The number of hydrogen-bond acceptors (Lipinski definition) is 3. The summed E-state index contributed by atoms with van der Waals surface area (Å²) in [6, 6.07) is 5.42. The summed E-state index contributed by atoms with van der Waals surface area (Å²) in [7, 11) is 1.58. The van der Waals surface area contributed by atoms with E-state index >= 15 is 0 Å². The summed E-state index contributed by atoms with van der Waals surface area (Å²) in [6.45, 7) is 5.49. The molecule has 0 saturated heterocycles. The molecule has 1 aromatic carbocycles. The van der Waals surface area contributed by atoms with Crippen LogP contribution in [0, 0.1) is 0 Å². The Morgan fingerprint density at radius 1 is 1.53 bits per heavy atom. The zero-order valence-corrected chi connectivity index (χ0v) is 8.83. The molecule has 1 aliphatic heterocycles. The van der Waals surface area contributed by atoms with Gasteiger partial charge < -0.3 is 10.1 Å². The smallest absolute Gasteiger partial charge is 0.194 e. The van der Waals surface area contributed by atoms with Crippen molar-refractivity contribution < 1.29 is 9.53 Å². The Morgan fingerprint density at radius 3 is 2.87 bits per heavy atom. The second kappa shape index (κ2) is 3.12. The van der Waals surface area contributed by atoms with Crippen LogP contribution < -0.4 is 10.1 Å². The second-order valence-electron chi connectivity index (χ2n) is 3.77. The van der Waals surface area contributed by atoms with Crippen molar-refractivity contribution in [1.29, 1.82) is 0 Å². The number of fused-ring (bicyclic) bond motifs is 1. The fourth-order valence-corrected chi connectivity index (χ4v) is 1.71. The number of methoxy groups -OCH3 is 1. The minimum atomic E-state index is -0.686. The van der Waals surface area contributed by atoms with Gasteiger partial charge in [0.2, 0.25) is 0 Å². The van der Waals surface area contributed by atoms with Crippen LogP contribution in [0.4, 0.5) is 5.69 Å². The van der Waals surface area contributed by atoms with Crippen LogP contribution in [0.15, 0.2) is 30.9 Å². The first-order valence-electron chi connectivity index (χ1n) is 4.75. The highest BCUT2D eigenvalue weighted by Gasteiger charge is 2.38. The highest BCUT2D eigenvalue weighted by atomic mass is 16.5. The Kier molecular flexibility index (Phi) is 2.03. The van der Waals surface area contributed by atoms with Crippen LogP contribution in [0.1, 0.15) is 17.3 Å². The molecule has 1 atom stereocenters. The molecule has 0 amide bonds. The summed E-state index contributed by atoms with van der Waals surface area (Å²) >= 11 is 0. The van der Waals surface area contributed by atoms with E-state index in [9.17, 15) is 4.79 Å². The molecular weight excluding hydrogens is 190 g/mol. The van der Waals surface area contributed by atoms with Crippen molar-refractivity contribution in [3.63, 3.8) is 0 Å². The van der Waals surface area contributed by atoms with Crippen LogP contribution in [-0.2, 0) is 0 Å². The molecular formula is C12H13NO2. The third-order valence-corrected chi connectivity index (χ3v) is 2.75. The average Bonchev–Trinajstić information content (AvgIpc) is 2.52. The molecule has 3 nitrogen and oxygen atoms in total. The van der Waals surface area contributed by atoms with Crippen LogP contribution >= 0.6 is 0 Å². The van der Waals surface area contributed by atoms with Gasteiger partial charge in [0.1, 0.15) is 11.3 Å². The van der Waals surface area contributed by atoms with Gasteiger partial charge in [-0.05, 0) is 25.1 Å². The van der Waals surface area contributed by atoms with Crippen LogP contribution in [0.5, 0.6) is 5.75 Å². The van der Waals surface area contributed by atoms with Gasteiger partial charge in [0.05, 0.1) is 7.11 Å². The average molecular weight is 203 g/mol. The van der Waals surface area contributed by atoms with E-state index < -0.39 is 5.54 Å². The molecule has 0 unspecified atom stereocenters. The number of ether oxygens (including phenoxy) is 1. The maximum absolute atomic E-state index is 12.0. The van der Waals surface area contributed by atoms with Gasteiger partial charge in [0.25, 0.3) is 0 Å². The quantitative estimate of drug-likeness (QED) is 0.749. The minimum absolute atomic E-state index is 0.0337. The van der Waals surface area contributed by atoms with Crippen molar-refractivity contribution in [3.8, 4) is 5.75 Å². The Balaban J connectivity index is 2.51. The van der Waals surface area contributed by atoms with Crippen LogP contribution in [0.2, 0.25) is 0 Å². The molecule has 0 aliphatic carbocycles. The van der Waals surface area contributed by atoms with E-state index in [1.165, 1.54) is 0 Å². The van der Waals surface area contributed by atoms with E-state index in [-0.39, 0.29) is 5.78 Å². The largest absolute Gasteiger partial charge is 0.497 e. The molecule has 2 rings (SSSR count). The first kappa shape index (κ1) is 9.77. The Labute approximate surface area is 88.8 Å². The Hall–Kier alpha value is -1.77. The lowest BCUT2D eigenvalue weighted by Gasteiger charge is -2.17. The summed E-state index contributed by atoms with van der Waals surface area (Å²) in [5.41, 5.74) is 0.814. The third kappa shape index (κ3) is 1.31. The van der Waals surface area contributed by atoms with E-state index in [2.05, 4.69) is 11.9 Å². The summed E-state index contributed by atoms with van der Waals surface area (Å²) in [4.78, 5) is 12.0. The summed E-state index contributed by atoms with van der Waals surface area (Å²) < 4.78 is 5.08. The summed E-state index contributed by atoms with van der Waals surface area (Å²) in [5.74, 6) is 0.726. The number of nitrogens with one attached hydrogen (secondary N) is 1. The van der Waals surface area contributed by atoms with Crippen molar-refractivity contribution >= 4 is 11.5 Å². The molecule has 1 heterocycles. The molecule has 0 radical (unpaired) electrons. The van der Waals surface area contributed by atoms with Crippen molar-refractivity contribution in [2.45, 2.75) is 12.5 Å². The lowest BCUT2D eigenvalue weighted by Crippen LogP contribution is -2.35. The number of anilines is 1. The van der Waals surface area contributed by atoms with Crippen LogP contribution in [0.25, 0.3) is 0 Å². The first-order valence-corrected chi connectivity index (χ1v) is 4.75. The fraction of sp³-hybridized carbons (Fsp3) is 0.250. The third-order valence-electron chi connectivity index (χ3n) is 2.75. The summed E-state index contributed by atoms with van der Waals surface area (Å²) in [5, 5.41) is 3.14. The van der Waals surface area contributed by atoms with E-state index in [4.69, 9.17) is 4.74 Å². The molecule has 0 fully saturated rings. The lowest BCUT2D eigenvalue weighted by atomic mass is 9.96. The zero-order chi connectivity index (χ0) is 11.1. The molecule has 1 aromatic rings. The second-order valence-corrected chi connectivity index (χ2v) is 3.77. The molecule has 1 aliphatic rings. The molecule has 1 N–H and O–H groups in total. The summed E-state index contributed by atoms with van der Waals surface area (Å²) in [6.07, 6.45) is 1.63. The topological polar surface area (TPSA) is 38.3 Å². The molecule has 78 valence electrons.